The van der Waals surface area contributed by atoms with Gasteiger partial charge in [0.25, 0.3) is 0 Å². The van der Waals surface area contributed by atoms with Crippen LogP contribution in [0.15, 0.2) is 46.5 Å². The molecule has 2 aromatic heterocycles. The van der Waals surface area contributed by atoms with Crippen LogP contribution in [0.4, 0.5) is 23.1 Å². The maximum atomic E-state index is 11.7. The third kappa shape index (κ3) is 6.79. The molecule has 37 heavy (non-hydrogen) atoms. The number of nitrogens with zero attached hydrogens (tertiary/aromatic N) is 5. The number of aromatic nitrogens is 4. The van der Waals surface area contributed by atoms with Crippen molar-refractivity contribution in [3.63, 3.8) is 0 Å². The zero-order valence-corrected chi connectivity index (χ0v) is 22.2. The van der Waals surface area contributed by atoms with Crippen LogP contribution in [-0.2, 0) is 9.53 Å². The summed E-state index contributed by atoms with van der Waals surface area (Å²) in [7, 11) is 0. The predicted molar refractivity (Wildman–Crippen MR) is 146 cm³/mol. The Labute approximate surface area is 221 Å². The number of anilines is 4. The van der Waals surface area contributed by atoms with E-state index in [0.717, 1.165) is 80.1 Å². The Morgan fingerprint density at radius 3 is 2.51 bits per heavy atom. The molecular formula is C26H34N8O2S. The second-order valence-corrected chi connectivity index (χ2v) is 10.4. The summed E-state index contributed by atoms with van der Waals surface area (Å²) in [5, 5.41) is 14.1. The summed E-state index contributed by atoms with van der Waals surface area (Å²) in [6, 6.07) is 12.3. The first-order chi connectivity index (χ1) is 18.1. The van der Waals surface area contributed by atoms with E-state index in [4.69, 9.17) is 14.7 Å². The van der Waals surface area contributed by atoms with E-state index < -0.39 is 0 Å². The zero-order chi connectivity index (χ0) is 25.6. The first-order valence-corrected chi connectivity index (χ1v) is 13.7. The van der Waals surface area contributed by atoms with E-state index in [9.17, 15) is 4.79 Å². The van der Waals surface area contributed by atoms with E-state index in [0.29, 0.717) is 23.4 Å². The molecule has 1 amide bonds. The fourth-order valence-electron chi connectivity index (χ4n) is 4.66. The van der Waals surface area contributed by atoms with Gasteiger partial charge in [-0.05, 0) is 55.8 Å². The molecule has 2 fully saturated rings. The normalized spacial score (nSPS) is 17.1. The van der Waals surface area contributed by atoms with Crippen LogP contribution >= 0.6 is 11.8 Å². The molecule has 0 radical (unpaired) electrons. The van der Waals surface area contributed by atoms with Gasteiger partial charge in [-0.2, -0.15) is 5.10 Å². The van der Waals surface area contributed by atoms with Crippen LogP contribution in [0.5, 0.6) is 0 Å². The number of morpholine rings is 1. The lowest BCUT2D eigenvalue weighted by Crippen LogP contribution is -2.49. The molecule has 0 bridgehead atoms. The van der Waals surface area contributed by atoms with Crippen molar-refractivity contribution < 1.29 is 9.53 Å². The molecule has 11 heteroatoms. The Hall–Kier alpha value is -3.15. The molecule has 2 aliphatic rings. The fraction of sp³-hybridized carbons (Fsp3) is 0.462. The molecule has 3 N–H and O–H groups in total. The molecule has 1 aromatic carbocycles. The van der Waals surface area contributed by atoms with E-state index >= 15 is 0 Å². The number of amides is 1. The minimum Gasteiger partial charge on any atom is -0.379 e. The third-order valence-electron chi connectivity index (χ3n) is 6.67. The van der Waals surface area contributed by atoms with Crippen LogP contribution in [-0.4, -0.2) is 76.4 Å². The van der Waals surface area contributed by atoms with Gasteiger partial charge in [-0.1, -0.05) is 6.92 Å². The summed E-state index contributed by atoms with van der Waals surface area (Å²) in [6.45, 7) is 9.43. The number of H-pyrrole nitrogens is 1. The highest BCUT2D eigenvalue weighted by Crippen LogP contribution is 2.31. The lowest BCUT2D eigenvalue weighted by Gasteiger charge is -2.40. The second-order valence-electron chi connectivity index (χ2n) is 9.35. The number of hydrogen-bond acceptors (Lipinski definition) is 9. The molecule has 0 saturated carbocycles. The molecule has 2 saturated heterocycles. The fourth-order valence-corrected chi connectivity index (χ4v) is 5.43. The van der Waals surface area contributed by atoms with Crippen LogP contribution in [0.1, 0.15) is 31.9 Å². The number of benzene rings is 1. The molecule has 0 unspecified atom stereocenters. The summed E-state index contributed by atoms with van der Waals surface area (Å²) in [5.74, 6) is 2.35. The SMILES string of the molecule is CCC(=O)Nc1ccc(Sc2nc(Nc3cc(C)[nH]n3)cc(N3CCC(N4CCOCC4)CC3)n2)cc1. The highest BCUT2D eigenvalue weighted by molar-refractivity contribution is 7.99. The van der Waals surface area contributed by atoms with Crippen molar-refractivity contribution in [2.75, 3.05) is 54.9 Å². The van der Waals surface area contributed by atoms with Crippen LogP contribution in [0.3, 0.4) is 0 Å². The largest absolute Gasteiger partial charge is 0.379 e. The molecule has 196 valence electrons. The Bertz CT molecular complexity index is 1190. The average molecular weight is 523 g/mol. The topological polar surface area (TPSA) is 111 Å². The lowest BCUT2D eigenvalue weighted by atomic mass is 10.0. The second kappa shape index (κ2) is 11.9. The quantitative estimate of drug-likeness (QED) is 0.377. The first-order valence-electron chi connectivity index (χ1n) is 12.9. The van der Waals surface area contributed by atoms with Crippen molar-refractivity contribution >= 4 is 40.8 Å². The minimum atomic E-state index is -0.00172. The Morgan fingerprint density at radius 1 is 1.08 bits per heavy atom. The number of aromatic amines is 1. The van der Waals surface area contributed by atoms with Crippen LogP contribution < -0.4 is 15.5 Å². The Balaban J connectivity index is 1.32. The summed E-state index contributed by atoms with van der Waals surface area (Å²) in [4.78, 5) is 27.3. The van der Waals surface area contributed by atoms with Gasteiger partial charge in [-0.15, -0.1) is 0 Å². The summed E-state index contributed by atoms with van der Waals surface area (Å²) in [5.41, 5.74) is 1.76. The van der Waals surface area contributed by atoms with Gasteiger partial charge < -0.3 is 20.3 Å². The van der Waals surface area contributed by atoms with Crippen molar-refractivity contribution in [2.24, 2.45) is 0 Å². The number of carbonyl (C=O) groups is 1. The number of aryl methyl sites for hydroxylation is 1. The molecule has 0 aliphatic carbocycles. The van der Waals surface area contributed by atoms with Crippen LogP contribution in [0, 0.1) is 6.92 Å². The maximum Gasteiger partial charge on any atom is 0.224 e. The van der Waals surface area contributed by atoms with Gasteiger partial charge in [0, 0.05) is 67.1 Å². The van der Waals surface area contributed by atoms with Crippen molar-refractivity contribution in [2.45, 2.75) is 49.2 Å². The molecule has 0 spiro atoms. The predicted octanol–water partition coefficient (Wildman–Crippen LogP) is 4.05. The van der Waals surface area contributed by atoms with Crippen molar-refractivity contribution in [1.82, 2.24) is 25.1 Å². The van der Waals surface area contributed by atoms with Crippen LogP contribution in [0.2, 0.25) is 0 Å². The van der Waals surface area contributed by atoms with E-state index in [-0.39, 0.29) is 5.91 Å². The van der Waals surface area contributed by atoms with Gasteiger partial charge in [0.15, 0.2) is 11.0 Å². The van der Waals surface area contributed by atoms with Gasteiger partial charge in [-0.25, -0.2) is 9.97 Å². The number of carbonyl (C=O) groups excluding carboxylic acids is 1. The summed E-state index contributed by atoms with van der Waals surface area (Å²) in [6.07, 6.45) is 2.67. The lowest BCUT2D eigenvalue weighted by molar-refractivity contribution is -0.115. The average Bonchev–Trinajstić information content (AvgIpc) is 3.34. The minimum absolute atomic E-state index is 0.00172. The number of piperidine rings is 1. The number of ether oxygens (including phenoxy) is 1. The Morgan fingerprint density at radius 2 is 1.84 bits per heavy atom. The Kier molecular flexibility index (Phi) is 8.22. The van der Waals surface area contributed by atoms with Crippen molar-refractivity contribution in [3.8, 4) is 0 Å². The van der Waals surface area contributed by atoms with Crippen molar-refractivity contribution in [3.05, 3.63) is 42.1 Å². The summed E-state index contributed by atoms with van der Waals surface area (Å²) < 4.78 is 5.53. The van der Waals surface area contributed by atoms with Gasteiger partial charge in [0.05, 0.1) is 13.2 Å². The van der Waals surface area contributed by atoms with Gasteiger partial charge >= 0.3 is 0 Å². The molecular weight excluding hydrogens is 488 g/mol. The van der Waals surface area contributed by atoms with Gasteiger partial charge in [0.1, 0.15) is 11.6 Å². The number of nitrogens with one attached hydrogen (secondary N) is 3. The molecule has 5 rings (SSSR count). The van der Waals surface area contributed by atoms with E-state index in [2.05, 4.69) is 30.6 Å². The third-order valence-corrected chi connectivity index (χ3v) is 7.55. The summed E-state index contributed by atoms with van der Waals surface area (Å²) >= 11 is 1.50. The maximum absolute atomic E-state index is 11.7. The molecule has 0 atom stereocenters. The van der Waals surface area contributed by atoms with Crippen LogP contribution in [0.25, 0.3) is 0 Å². The highest BCUT2D eigenvalue weighted by atomic mass is 32.2. The molecule has 10 nitrogen and oxygen atoms in total. The first kappa shape index (κ1) is 25.5. The standard InChI is InChI=1S/C26H34N8O2S/c1-3-25(35)27-19-4-6-21(7-5-19)37-26-29-22(28-23-16-18(2)31-32-23)17-24(30-26)34-10-8-20(9-11-34)33-12-14-36-15-13-33/h4-7,16-17,20H,3,8-15H2,1-2H3,(H,27,35)(H2,28,29,30,31,32). The van der Waals surface area contributed by atoms with Crippen molar-refractivity contribution in [1.29, 1.82) is 0 Å². The van der Waals surface area contributed by atoms with E-state index in [1.165, 1.54) is 11.8 Å². The number of rotatable bonds is 8. The molecule has 3 aromatic rings. The van der Waals surface area contributed by atoms with E-state index in [1.54, 1.807) is 0 Å². The number of hydrogen-bond donors (Lipinski definition) is 3. The van der Waals surface area contributed by atoms with Gasteiger partial charge in [0.2, 0.25) is 5.91 Å². The smallest absolute Gasteiger partial charge is 0.224 e. The van der Waals surface area contributed by atoms with E-state index in [1.807, 2.05) is 50.2 Å². The highest BCUT2D eigenvalue weighted by Gasteiger charge is 2.27. The monoisotopic (exact) mass is 522 g/mol. The van der Waals surface area contributed by atoms with Gasteiger partial charge in [-0.3, -0.25) is 14.8 Å². The molecule has 2 aliphatic heterocycles. The zero-order valence-electron chi connectivity index (χ0n) is 21.4. The molecule has 4 heterocycles.